The lowest BCUT2D eigenvalue weighted by atomic mass is 10.3. The maximum Gasteiger partial charge on any atom is 0.321 e. The number of esters is 1. The van der Waals surface area contributed by atoms with E-state index in [1.54, 1.807) is 7.05 Å². The molecule has 15 heavy (non-hydrogen) atoms. The van der Waals surface area contributed by atoms with Crippen molar-refractivity contribution in [3.63, 3.8) is 0 Å². The van der Waals surface area contributed by atoms with Crippen molar-refractivity contribution in [3.05, 3.63) is 0 Å². The molecule has 0 aliphatic carbocycles. The Bertz CT molecular complexity index is 213. The van der Waals surface area contributed by atoms with Crippen molar-refractivity contribution in [2.45, 2.75) is 13.0 Å². The molecule has 0 aromatic heterocycles. The first-order valence-corrected chi connectivity index (χ1v) is 6.84. The second-order valence-electron chi connectivity index (χ2n) is 2.63. The van der Waals surface area contributed by atoms with Crippen LogP contribution in [-0.2, 0) is 14.3 Å². The highest BCUT2D eigenvalue weighted by atomic mass is 33.1. The molecule has 0 heterocycles. The maximum absolute atomic E-state index is 10.6. The van der Waals surface area contributed by atoms with Gasteiger partial charge in [0.15, 0.2) is 0 Å². The zero-order valence-electron chi connectivity index (χ0n) is 8.69. The molecule has 0 amide bonds. The van der Waals surface area contributed by atoms with Crippen molar-refractivity contribution in [3.8, 4) is 0 Å². The number of carbonyl (C=O) groups excluding carboxylic acids is 1. The average Bonchev–Trinajstić information content (AvgIpc) is 2.15. The molecular formula is C8H15NO4S2. The molecule has 2 N–H and O–H groups in total. The van der Waals surface area contributed by atoms with Gasteiger partial charge in [0.05, 0.1) is 0 Å². The molecule has 1 atom stereocenters. The predicted molar refractivity (Wildman–Crippen MR) is 62.0 cm³/mol. The zero-order valence-corrected chi connectivity index (χ0v) is 10.3. The van der Waals surface area contributed by atoms with Gasteiger partial charge in [-0.1, -0.05) is 21.6 Å². The van der Waals surface area contributed by atoms with Crippen molar-refractivity contribution < 1.29 is 19.4 Å². The van der Waals surface area contributed by atoms with E-state index in [0.717, 1.165) is 0 Å². The summed E-state index contributed by atoms with van der Waals surface area (Å²) in [5, 5.41) is 11.4. The fourth-order valence-electron chi connectivity index (χ4n) is 0.673. The topological polar surface area (TPSA) is 75.6 Å². The smallest absolute Gasteiger partial charge is 0.321 e. The summed E-state index contributed by atoms with van der Waals surface area (Å²) in [5.41, 5.74) is 0. The van der Waals surface area contributed by atoms with Gasteiger partial charge in [-0.25, -0.2) is 0 Å². The molecular weight excluding hydrogens is 238 g/mol. The van der Waals surface area contributed by atoms with Crippen LogP contribution in [0.3, 0.4) is 0 Å². The minimum atomic E-state index is -0.856. The normalized spacial score (nSPS) is 12.1. The third-order valence-corrected chi connectivity index (χ3v) is 3.81. The highest BCUT2D eigenvalue weighted by molar-refractivity contribution is 8.76. The summed E-state index contributed by atoms with van der Waals surface area (Å²) in [6, 6.07) is -0.531. The Morgan fingerprint density at radius 1 is 1.47 bits per heavy atom. The number of ether oxygens (including phenoxy) is 1. The lowest BCUT2D eigenvalue weighted by Crippen LogP contribution is -2.35. The summed E-state index contributed by atoms with van der Waals surface area (Å²) in [7, 11) is 4.55. The van der Waals surface area contributed by atoms with Crippen LogP contribution in [0.1, 0.15) is 6.92 Å². The van der Waals surface area contributed by atoms with E-state index in [2.05, 4.69) is 5.32 Å². The molecule has 7 heteroatoms. The van der Waals surface area contributed by atoms with Gasteiger partial charge >= 0.3 is 11.9 Å². The second kappa shape index (κ2) is 8.87. The number of aliphatic carboxylic acids is 1. The number of carbonyl (C=O) groups is 2. The van der Waals surface area contributed by atoms with Gasteiger partial charge in [0.2, 0.25) is 0 Å². The van der Waals surface area contributed by atoms with Crippen LogP contribution in [0.15, 0.2) is 0 Å². The van der Waals surface area contributed by atoms with Crippen LogP contribution in [0.2, 0.25) is 0 Å². The van der Waals surface area contributed by atoms with Crippen LogP contribution in [0, 0.1) is 0 Å². The summed E-state index contributed by atoms with van der Waals surface area (Å²) in [6.45, 7) is 1.73. The Labute approximate surface area is 96.7 Å². The van der Waals surface area contributed by atoms with E-state index in [0.29, 0.717) is 18.1 Å². The highest BCUT2D eigenvalue weighted by Crippen LogP contribution is 2.21. The van der Waals surface area contributed by atoms with Crippen LogP contribution < -0.4 is 5.32 Å². The molecule has 5 nitrogen and oxygen atoms in total. The summed E-state index contributed by atoms with van der Waals surface area (Å²) in [5.74, 6) is 0.00136. The maximum atomic E-state index is 10.6. The first kappa shape index (κ1) is 14.6. The summed E-state index contributed by atoms with van der Waals surface area (Å²) in [6.07, 6.45) is 0. The van der Waals surface area contributed by atoms with Crippen molar-refractivity contribution in [1.29, 1.82) is 0 Å². The van der Waals surface area contributed by atoms with E-state index in [1.807, 2.05) is 0 Å². The standard InChI is InChI=1S/C8H15NO4S2/c1-6(10)13-3-4-14-15-5-7(9-2)8(11)12/h7,9H,3-5H2,1-2H3,(H,11,12). The molecule has 0 rings (SSSR count). The van der Waals surface area contributed by atoms with E-state index in [4.69, 9.17) is 9.84 Å². The zero-order chi connectivity index (χ0) is 11.7. The van der Waals surface area contributed by atoms with E-state index in [1.165, 1.54) is 28.5 Å². The molecule has 0 aliphatic heterocycles. The number of carboxylic acids is 1. The van der Waals surface area contributed by atoms with E-state index in [9.17, 15) is 9.59 Å². The summed E-state index contributed by atoms with van der Waals surface area (Å²) < 4.78 is 4.72. The van der Waals surface area contributed by atoms with Gasteiger partial charge in [0.1, 0.15) is 12.6 Å². The monoisotopic (exact) mass is 253 g/mol. The third-order valence-electron chi connectivity index (χ3n) is 1.44. The van der Waals surface area contributed by atoms with Gasteiger partial charge in [0.25, 0.3) is 0 Å². The molecule has 0 aromatic rings. The van der Waals surface area contributed by atoms with Crippen LogP contribution in [0.4, 0.5) is 0 Å². The number of rotatable bonds is 8. The van der Waals surface area contributed by atoms with E-state index in [-0.39, 0.29) is 5.97 Å². The summed E-state index contributed by atoms with van der Waals surface area (Å²) in [4.78, 5) is 21.0. The highest BCUT2D eigenvalue weighted by Gasteiger charge is 2.14. The Morgan fingerprint density at radius 2 is 2.13 bits per heavy atom. The van der Waals surface area contributed by atoms with Crippen LogP contribution in [0.5, 0.6) is 0 Å². The summed E-state index contributed by atoms with van der Waals surface area (Å²) >= 11 is 0. The largest absolute Gasteiger partial charge is 0.480 e. The number of hydrogen-bond donors (Lipinski definition) is 2. The predicted octanol–water partition coefficient (Wildman–Crippen LogP) is 0.603. The van der Waals surface area contributed by atoms with Gasteiger partial charge in [-0.2, -0.15) is 0 Å². The van der Waals surface area contributed by atoms with Crippen molar-refractivity contribution in [1.82, 2.24) is 5.32 Å². The number of likely N-dealkylation sites (N-methyl/N-ethyl adjacent to an activating group) is 1. The quantitative estimate of drug-likeness (QED) is 0.373. The minimum absolute atomic E-state index is 0.292. The molecule has 0 spiro atoms. The Hall–Kier alpha value is -0.400. The van der Waals surface area contributed by atoms with E-state index >= 15 is 0 Å². The molecule has 1 unspecified atom stereocenters. The van der Waals surface area contributed by atoms with Gasteiger partial charge in [-0.3, -0.25) is 9.59 Å². The molecule has 0 saturated heterocycles. The molecule has 88 valence electrons. The van der Waals surface area contributed by atoms with Crippen LogP contribution >= 0.6 is 21.6 Å². The SMILES string of the molecule is CNC(CSSCCOC(C)=O)C(=O)O. The molecule has 0 bridgehead atoms. The molecule has 0 radical (unpaired) electrons. The van der Waals surface area contributed by atoms with Crippen LogP contribution in [-0.4, -0.2) is 48.2 Å². The van der Waals surface area contributed by atoms with Gasteiger partial charge in [-0.15, -0.1) is 0 Å². The molecule has 0 saturated carbocycles. The van der Waals surface area contributed by atoms with E-state index < -0.39 is 12.0 Å². The lowest BCUT2D eigenvalue weighted by Gasteiger charge is -2.09. The Kier molecular flexibility index (Phi) is 8.64. The average molecular weight is 253 g/mol. The molecule has 0 aromatic carbocycles. The third kappa shape index (κ3) is 8.59. The fraction of sp³-hybridized carbons (Fsp3) is 0.750. The Morgan fingerprint density at radius 3 is 2.60 bits per heavy atom. The molecule has 0 aliphatic rings. The van der Waals surface area contributed by atoms with Crippen molar-refractivity contribution >= 4 is 33.5 Å². The lowest BCUT2D eigenvalue weighted by molar-refractivity contribution is -0.140. The van der Waals surface area contributed by atoms with Gasteiger partial charge in [-0.05, 0) is 7.05 Å². The Balaban J connectivity index is 3.37. The van der Waals surface area contributed by atoms with Crippen LogP contribution in [0.25, 0.3) is 0 Å². The van der Waals surface area contributed by atoms with Gasteiger partial charge in [0, 0.05) is 18.4 Å². The number of hydrogen-bond acceptors (Lipinski definition) is 6. The minimum Gasteiger partial charge on any atom is -0.480 e. The molecule has 0 fully saturated rings. The van der Waals surface area contributed by atoms with Gasteiger partial charge < -0.3 is 15.2 Å². The fourth-order valence-corrected chi connectivity index (χ4v) is 2.74. The number of carboxylic acid groups (broad SMARTS) is 1. The number of nitrogens with one attached hydrogen (secondary N) is 1. The van der Waals surface area contributed by atoms with Crippen molar-refractivity contribution in [2.75, 3.05) is 25.2 Å². The second-order valence-corrected chi connectivity index (χ2v) is 5.25. The van der Waals surface area contributed by atoms with Crippen molar-refractivity contribution in [2.24, 2.45) is 0 Å². The first-order valence-electron chi connectivity index (χ1n) is 4.35. The first-order chi connectivity index (χ1) is 7.07.